The standard InChI is InChI=1S/C31H34ClF2N3O4S/c1-22(2)19-36(42(40,41)29-12-8-25(32)9-13-29)21-30(38)37(20-23-6-10-26(33)11-7-23)28-14-16-35(17-15-28)31(39)24-4-3-5-27(34)18-24/h3-13,18,22,28H,14-17,19-21H2,1-2H3. The molecule has 3 aromatic rings. The SMILES string of the molecule is CC(C)CN(CC(=O)N(Cc1ccc(F)cc1)C1CCN(C(=O)c2cccc(F)c2)CC1)S(=O)(=O)c1ccc(Cl)cc1. The predicted molar refractivity (Wildman–Crippen MR) is 157 cm³/mol. The molecule has 4 rings (SSSR count). The number of amides is 2. The van der Waals surface area contributed by atoms with Gasteiger partial charge in [0, 0.05) is 42.8 Å². The molecule has 0 N–H and O–H groups in total. The van der Waals surface area contributed by atoms with Crippen LogP contribution in [0.5, 0.6) is 0 Å². The van der Waals surface area contributed by atoms with Gasteiger partial charge in [-0.3, -0.25) is 9.59 Å². The van der Waals surface area contributed by atoms with E-state index in [1.807, 2.05) is 13.8 Å². The fourth-order valence-corrected chi connectivity index (χ4v) is 6.72. The molecule has 0 spiro atoms. The Kier molecular flexibility index (Phi) is 10.3. The molecule has 0 atom stereocenters. The van der Waals surface area contributed by atoms with Crippen LogP contribution in [0.1, 0.15) is 42.6 Å². The van der Waals surface area contributed by atoms with Crippen LogP contribution in [-0.2, 0) is 21.4 Å². The lowest BCUT2D eigenvalue weighted by atomic mass is 10.0. The average Bonchev–Trinajstić information content (AvgIpc) is 2.96. The van der Waals surface area contributed by atoms with Gasteiger partial charge >= 0.3 is 0 Å². The first-order chi connectivity index (χ1) is 19.9. The zero-order valence-corrected chi connectivity index (χ0v) is 25.1. The van der Waals surface area contributed by atoms with Crippen LogP contribution in [0, 0.1) is 17.6 Å². The van der Waals surface area contributed by atoms with Gasteiger partial charge in [-0.2, -0.15) is 4.31 Å². The fraction of sp³-hybridized carbons (Fsp3) is 0.355. The number of piperidine rings is 1. The first-order valence-corrected chi connectivity index (χ1v) is 15.6. The number of carbonyl (C=O) groups excluding carboxylic acids is 2. The molecule has 1 aliphatic rings. The average molecular weight is 618 g/mol. The Morgan fingerprint density at radius 1 is 0.952 bits per heavy atom. The van der Waals surface area contributed by atoms with Gasteiger partial charge in [-0.15, -0.1) is 0 Å². The molecule has 0 aromatic heterocycles. The molecule has 0 aliphatic carbocycles. The summed E-state index contributed by atoms with van der Waals surface area (Å²) in [4.78, 5) is 30.2. The second-order valence-corrected chi connectivity index (χ2v) is 13.2. The molecule has 0 saturated carbocycles. The molecule has 0 unspecified atom stereocenters. The minimum absolute atomic E-state index is 0.0367. The minimum Gasteiger partial charge on any atom is -0.338 e. The third kappa shape index (κ3) is 7.93. The number of likely N-dealkylation sites (tertiary alicyclic amines) is 1. The number of hydrogen-bond acceptors (Lipinski definition) is 4. The van der Waals surface area contributed by atoms with E-state index in [1.54, 1.807) is 28.0 Å². The van der Waals surface area contributed by atoms with E-state index in [9.17, 15) is 26.8 Å². The van der Waals surface area contributed by atoms with E-state index in [4.69, 9.17) is 11.6 Å². The van der Waals surface area contributed by atoms with Crippen LogP contribution in [0.25, 0.3) is 0 Å². The molecule has 0 bridgehead atoms. The van der Waals surface area contributed by atoms with Crippen molar-refractivity contribution in [1.29, 1.82) is 0 Å². The highest BCUT2D eigenvalue weighted by molar-refractivity contribution is 7.89. The van der Waals surface area contributed by atoms with E-state index in [2.05, 4.69) is 0 Å². The molecule has 2 amide bonds. The van der Waals surface area contributed by atoms with Crippen molar-refractivity contribution in [3.8, 4) is 0 Å². The zero-order chi connectivity index (χ0) is 30.4. The summed E-state index contributed by atoms with van der Waals surface area (Å²) in [5, 5.41) is 0.396. The van der Waals surface area contributed by atoms with Crippen molar-refractivity contribution in [3.63, 3.8) is 0 Å². The van der Waals surface area contributed by atoms with E-state index in [1.165, 1.54) is 58.9 Å². The normalized spacial score (nSPS) is 14.4. The zero-order valence-electron chi connectivity index (χ0n) is 23.5. The minimum atomic E-state index is -4.01. The van der Waals surface area contributed by atoms with Gasteiger partial charge < -0.3 is 9.80 Å². The number of rotatable bonds is 10. The summed E-state index contributed by atoms with van der Waals surface area (Å²) < 4.78 is 55.6. The summed E-state index contributed by atoms with van der Waals surface area (Å²) in [6.07, 6.45) is 0.893. The van der Waals surface area contributed by atoms with Gasteiger partial charge in [0.15, 0.2) is 0 Å². The number of nitrogens with zero attached hydrogens (tertiary/aromatic N) is 3. The molecular weight excluding hydrogens is 584 g/mol. The Labute approximate surface area is 250 Å². The van der Waals surface area contributed by atoms with E-state index >= 15 is 0 Å². The smallest absolute Gasteiger partial charge is 0.253 e. The lowest BCUT2D eigenvalue weighted by Gasteiger charge is -2.39. The Hall–Kier alpha value is -3.34. The maximum absolute atomic E-state index is 13.9. The molecular formula is C31H34ClF2N3O4S. The monoisotopic (exact) mass is 617 g/mol. The van der Waals surface area contributed by atoms with Crippen LogP contribution in [0.15, 0.2) is 77.7 Å². The highest BCUT2D eigenvalue weighted by Gasteiger charge is 2.34. The third-order valence-electron chi connectivity index (χ3n) is 7.18. The summed E-state index contributed by atoms with van der Waals surface area (Å²) in [6, 6.07) is 16.8. The molecule has 1 fully saturated rings. The predicted octanol–water partition coefficient (Wildman–Crippen LogP) is 5.60. The third-order valence-corrected chi connectivity index (χ3v) is 9.26. The second-order valence-electron chi connectivity index (χ2n) is 10.8. The maximum atomic E-state index is 13.9. The molecule has 1 aliphatic heterocycles. The highest BCUT2D eigenvalue weighted by atomic mass is 35.5. The number of sulfonamides is 1. The largest absolute Gasteiger partial charge is 0.338 e. The Bertz CT molecular complexity index is 1490. The molecule has 7 nitrogen and oxygen atoms in total. The first kappa shape index (κ1) is 31.6. The maximum Gasteiger partial charge on any atom is 0.253 e. The lowest BCUT2D eigenvalue weighted by Crippen LogP contribution is -2.51. The van der Waals surface area contributed by atoms with E-state index < -0.39 is 27.6 Å². The van der Waals surface area contributed by atoms with Crippen molar-refractivity contribution in [2.45, 2.75) is 44.2 Å². The molecule has 224 valence electrons. The summed E-state index contributed by atoms with van der Waals surface area (Å²) in [7, 11) is -4.01. The Morgan fingerprint density at radius 2 is 1.60 bits per heavy atom. The van der Waals surface area contributed by atoms with Crippen LogP contribution >= 0.6 is 11.6 Å². The van der Waals surface area contributed by atoms with E-state index in [0.29, 0.717) is 36.5 Å². The summed E-state index contributed by atoms with van der Waals surface area (Å²) in [5.41, 5.74) is 0.948. The van der Waals surface area contributed by atoms with Crippen LogP contribution in [0.4, 0.5) is 8.78 Å². The van der Waals surface area contributed by atoms with Gasteiger partial charge in [-0.05, 0) is 78.9 Å². The summed E-state index contributed by atoms with van der Waals surface area (Å²) in [6.45, 7) is 4.32. The summed E-state index contributed by atoms with van der Waals surface area (Å²) >= 11 is 5.96. The Balaban J connectivity index is 1.55. The number of carbonyl (C=O) groups is 2. The number of hydrogen-bond donors (Lipinski definition) is 0. The number of halogens is 3. The molecule has 11 heteroatoms. The van der Waals surface area contributed by atoms with Crippen molar-refractivity contribution >= 4 is 33.4 Å². The van der Waals surface area contributed by atoms with E-state index in [-0.39, 0.29) is 48.0 Å². The van der Waals surface area contributed by atoms with Crippen LogP contribution in [0.3, 0.4) is 0 Å². The van der Waals surface area contributed by atoms with Crippen LogP contribution in [0.2, 0.25) is 5.02 Å². The van der Waals surface area contributed by atoms with Gasteiger partial charge in [-0.25, -0.2) is 17.2 Å². The van der Waals surface area contributed by atoms with Crippen molar-refractivity contribution < 1.29 is 26.8 Å². The summed E-state index contributed by atoms with van der Waals surface area (Å²) in [5.74, 6) is -1.64. The fourth-order valence-electron chi connectivity index (χ4n) is 5.04. The van der Waals surface area contributed by atoms with Gasteiger partial charge in [0.1, 0.15) is 11.6 Å². The molecule has 1 heterocycles. The van der Waals surface area contributed by atoms with Crippen molar-refractivity contribution in [2.24, 2.45) is 5.92 Å². The van der Waals surface area contributed by atoms with Crippen LogP contribution in [-0.4, -0.2) is 66.6 Å². The molecule has 42 heavy (non-hydrogen) atoms. The van der Waals surface area contributed by atoms with Gasteiger partial charge in [-0.1, -0.05) is 43.6 Å². The van der Waals surface area contributed by atoms with Crippen molar-refractivity contribution in [2.75, 3.05) is 26.2 Å². The van der Waals surface area contributed by atoms with Crippen molar-refractivity contribution in [1.82, 2.24) is 14.1 Å². The quantitative estimate of drug-likeness (QED) is 0.297. The molecule has 3 aromatic carbocycles. The van der Waals surface area contributed by atoms with Gasteiger partial charge in [0.2, 0.25) is 15.9 Å². The Morgan fingerprint density at radius 3 is 2.19 bits per heavy atom. The topological polar surface area (TPSA) is 78.0 Å². The van der Waals surface area contributed by atoms with Gasteiger partial charge in [0.05, 0.1) is 11.4 Å². The van der Waals surface area contributed by atoms with Crippen LogP contribution < -0.4 is 0 Å². The van der Waals surface area contributed by atoms with Crippen molar-refractivity contribution in [3.05, 3.63) is 101 Å². The highest BCUT2D eigenvalue weighted by Crippen LogP contribution is 2.24. The molecule has 1 saturated heterocycles. The lowest BCUT2D eigenvalue weighted by molar-refractivity contribution is -0.135. The molecule has 0 radical (unpaired) electrons. The first-order valence-electron chi connectivity index (χ1n) is 13.8. The van der Waals surface area contributed by atoms with Gasteiger partial charge in [0.25, 0.3) is 5.91 Å². The number of benzene rings is 3. The van der Waals surface area contributed by atoms with E-state index in [0.717, 1.165) is 0 Å². The second kappa shape index (κ2) is 13.8.